The minimum Gasteiger partial charge on any atom is -0.368 e. The number of benzene rings is 1. The molecule has 0 heterocycles. The van der Waals surface area contributed by atoms with Crippen molar-refractivity contribution in [3.05, 3.63) is 28.2 Å². The molecule has 1 rings (SSSR count). The van der Waals surface area contributed by atoms with Gasteiger partial charge in [0.15, 0.2) is 0 Å². The average Bonchev–Trinajstić information content (AvgIpc) is 2.25. The summed E-state index contributed by atoms with van der Waals surface area (Å²) >= 11 is 3.47. The highest BCUT2D eigenvalue weighted by Gasteiger charge is 2.16. The number of nitriles is 1. The second-order valence-electron chi connectivity index (χ2n) is 4.91. The molecule has 92 valence electrons. The first-order valence-electron chi connectivity index (χ1n) is 5.92. The van der Waals surface area contributed by atoms with Crippen LogP contribution < -0.4 is 4.90 Å². The Bertz CT molecular complexity index is 419. The van der Waals surface area contributed by atoms with Crippen LogP contribution in [0.25, 0.3) is 0 Å². The van der Waals surface area contributed by atoms with Gasteiger partial charge in [0, 0.05) is 17.1 Å². The van der Waals surface area contributed by atoms with Crippen LogP contribution in [0.4, 0.5) is 5.69 Å². The summed E-state index contributed by atoms with van der Waals surface area (Å²) in [5.74, 6) is 0.572. The van der Waals surface area contributed by atoms with Gasteiger partial charge in [-0.15, -0.1) is 0 Å². The van der Waals surface area contributed by atoms with Gasteiger partial charge in [-0.05, 0) is 38.0 Å². The van der Waals surface area contributed by atoms with Crippen molar-refractivity contribution in [3.63, 3.8) is 0 Å². The monoisotopic (exact) mass is 294 g/mol. The Morgan fingerprint density at radius 1 is 1.29 bits per heavy atom. The highest BCUT2D eigenvalue weighted by Crippen LogP contribution is 2.27. The van der Waals surface area contributed by atoms with Gasteiger partial charge in [-0.3, -0.25) is 0 Å². The van der Waals surface area contributed by atoms with Crippen molar-refractivity contribution < 1.29 is 0 Å². The van der Waals surface area contributed by atoms with Gasteiger partial charge >= 0.3 is 0 Å². The van der Waals surface area contributed by atoms with Crippen LogP contribution in [0.1, 0.15) is 33.3 Å². The first-order valence-corrected chi connectivity index (χ1v) is 6.71. The molecule has 0 aromatic heterocycles. The normalized spacial score (nSPS) is 10.7. The van der Waals surface area contributed by atoms with Gasteiger partial charge in [0.25, 0.3) is 0 Å². The molecule has 3 heteroatoms. The molecule has 2 nitrogen and oxygen atoms in total. The Morgan fingerprint density at radius 2 is 1.94 bits per heavy atom. The number of hydrogen-bond acceptors (Lipinski definition) is 2. The second-order valence-corrected chi connectivity index (χ2v) is 5.83. The zero-order valence-electron chi connectivity index (χ0n) is 10.9. The second kappa shape index (κ2) is 6.07. The van der Waals surface area contributed by atoms with E-state index in [2.05, 4.69) is 54.6 Å². The van der Waals surface area contributed by atoms with Crippen LogP contribution in [-0.2, 0) is 0 Å². The van der Waals surface area contributed by atoms with Gasteiger partial charge < -0.3 is 4.90 Å². The molecule has 0 radical (unpaired) electrons. The number of anilines is 1. The third-order valence-electron chi connectivity index (χ3n) is 2.57. The zero-order valence-corrected chi connectivity index (χ0v) is 12.5. The molecule has 0 aliphatic rings. The van der Waals surface area contributed by atoms with E-state index in [9.17, 15) is 5.26 Å². The van der Waals surface area contributed by atoms with Gasteiger partial charge in [-0.1, -0.05) is 29.8 Å². The predicted octanol–water partition coefficient (Wildman–Crippen LogP) is 4.19. The third kappa shape index (κ3) is 3.74. The summed E-state index contributed by atoms with van der Waals surface area (Å²) in [6.07, 6.45) is 0. The van der Waals surface area contributed by atoms with Crippen molar-refractivity contribution in [2.75, 3.05) is 11.4 Å². The summed E-state index contributed by atoms with van der Waals surface area (Å²) in [6, 6.07) is 8.47. The van der Waals surface area contributed by atoms with Gasteiger partial charge in [0.1, 0.15) is 6.07 Å². The van der Waals surface area contributed by atoms with Crippen LogP contribution >= 0.6 is 15.9 Å². The Labute approximate surface area is 112 Å². The van der Waals surface area contributed by atoms with E-state index in [4.69, 9.17) is 0 Å². The number of hydrogen-bond donors (Lipinski definition) is 0. The van der Waals surface area contributed by atoms with Crippen LogP contribution in [0.5, 0.6) is 0 Å². The highest BCUT2D eigenvalue weighted by molar-refractivity contribution is 9.10. The molecule has 0 unspecified atom stereocenters. The molecule has 0 amide bonds. The molecule has 0 spiro atoms. The van der Waals surface area contributed by atoms with Crippen molar-refractivity contribution >= 4 is 21.6 Å². The summed E-state index contributed by atoms with van der Waals surface area (Å²) in [6.45, 7) is 9.66. The molecule has 0 bridgehead atoms. The molecule has 1 aromatic rings. The molecule has 0 aliphatic heterocycles. The molecular formula is C14H19BrN2. The molecule has 1 aromatic carbocycles. The van der Waals surface area contributed by atoms with Crippen LogP contribution in [0, 0.1) is 17.2 Å². The largest absolute Gasteiger partial charge is 0.368 e. The van der Waals surface area contributed by atoms with E-state index in [0.717, 1.165) is 22.3 Å². The maximum atomic E-state index is 9.18. The fraction of sp³-hybridized carbons (Fsp3) is 0.500. The minimum absolute atomic E-state index is 0.388. The smallest absolute Gasteiger partial charge is 0.101 e. The van der Waals surface area contributed by atoms with Gasteiger partial charge in [-0.25, -0.2) is 0 Å². The van der Waals surface area contributed by atoms with Crippen molar-refractivity contribution in [3.8, 4) is 6.07 Å². The SMILES string of the molecule is CC(C)CN(c1cc(Br)ccc1C#N)C(C)C. The lowest BCUT2D eigenvalue weighted by Gasteiger charge is -2.31. The third-order valence-corrected chi connectivity index (χ3v) is 3.07. The predicted molar refractivity (Wildman–Crippen MR) is 76.2 cm³/mol. The molecule has 0 saturated carbocycles. The van der Waals surface area contributed by atoms with Crippen LogP contribution in [0.15, 0.2) is 22.7 Å². The molecule has 0 fully saturated rings. The first-order chi connectivity index (χ1) is 7.95. The Hall–Kier alpha value is -1.01. The van der Waals surface area contributed by atoms with Gasteiger partial charge in [0.05, 0.1) is 11.3 Å². The number of halogens is 1. The summed E-state index contributed by atoms with van der Waals surface area (Å²) in [5, 5.41) is 9.18. The summed E-state index contributed by atoms with van der Waals surface area (Å²) in [7, 11) is 0. The maximum Gasteiger partial charge on any atom is 0.101 e. The Balaban J connectivity index is 3.17. The van der Waals surface area contributed by atoms with E-state index in [-0.39, 0.29) is 0 Å². The van der Waals surface area contributed by atoms with Crippen molar-refractivity contribution in [2.24, 2.45) is 5.92 Å². The summed E-state index contributed by atoms with van der Waals surface area (Å²) in [5.41, 5.74) is 1.76. The summed E-state index contributed by atoms with van der Waals surface area (Å²) in [4.78, 5) is 2.29. The molecular weight excluding hydrogens is 276 g/mol. The lowest BCUT2D eigenvalue weighted by Crippen LogP contribution is -2.34. The highest BCUT2D eigenvalue weighted by atomic mass is 79.9. The standard InChI is InChI=1S/C14H19BrN2/c1-10(2)9-17(11(3)4)14-7-13(15)6-5-12(14)8-16/h5-7,10-11H,9H2,1-4H3. The Morgan fingerprint density at radius 3 is 2.41 bits per heavy atom. The lowest BCUT2D eigenvalue weighted by atomic mass is 10.1. The molecule has 17 heavy (non-hydrogen) atoms. The van der Waals surface area contributed by atoms with Gasteiger partial charge in [-0.2, -0.15) is 5.26 Å². The maximum absolute atomic E-state index is 9.18. The van der Waals surface area contributed by atoms with Crippen molar-refractivity contribution in [1.82, 2.24) is 0 Å². The van der Waals surface area contributed by atoms with Crippen LogP contribution in [-0.4, -0.2) is 12.6 Å². The molecule has 0 atom stereocenters. The van der Waals surface area contributed by atoms with Crippen LogP contribution in [0.2, 0.25) is 0 Å². The minimum atomic E-state index is 0.388. The fourth-order valence-corrected chi connectivity index (χ4v) is 2.17. The van der Waals surface area contributed by atoms with Crippen molar-refractivity contribution in [1.29, 1.82) is 5.26 Å². The number of nitrogens with zero attached hydrogens (tertiary/aromatic N) is 2. The lowest BCUT2D eigenvalue weighted by molar-refractivity contribution is 0.570. The molecule has 0 N–H and O–H groups in total. The quantitative estimate of drug-likeness (QED) is 0.832. The average molecular weight is 295 g/mol. The van der Waals surface area contributed by atoms with E-state index < -0.39 is 0 Å². The first kappa shape index (κ1) is 14.1. The van der Waals surface area contributed by atoms with Crippen molar-refractivity contribution in [2.45, 2.75) is 33.7 Å². The fourth-order valence-electron chi connectivity index (χ4n) is 1.82. The molecule has 0 saturated heterocycles. The number of rotatable bonds is 4. The van der Waals surface area contributed by atoms with Gasteiger partial charge in [0.2, 0.25) is 0 Å². The van der Waals surface area contributed by atoms with Crippen LogP contribution in [0.3, 0.4) is 0 Å². The van der Waals surface area contributed by atoms with E-state index in [1.165, 1.54) is 0 Å². The van der Waals surface area contributed by atoms with E-state index in [1.807, 2.05) is 18.2 Å². The van der Waals surface area contributed by atoms with E-state index in [1.54, 1.807) is 0 Å². The topological polar surface area (TPSA) is 27.0 Å². The van der Waals surface area contributed by atoms with E-state index in [0.29, 0.717) is 12.0 Å². The Kier molecular flexibility index (Phi) is 5.02. The van der Waals surface area contributed by atoms with E-state index >= 15 is 0 Å². The molecule has 0 aliphatic carbocycles. The zero-order chi connectivity index (χ0) is 13.0. The summed E-state index contributed by atoms with van der Waals surface area (Å²) < 4.78 is 1.01.